The molecule has 2 heteroatoms. The van der Waals surface area contributed by atoms with E-state index in [4.69, 9.17) is 0 Å². The molecule has 0 unspecified atom stereocenters. The van der Waals surface area contributed by atoms with Crippen LogP contribution in [0.4, 0.5) is 0 Å². The van der Waals surface area contributed by atoms with E-state index in [9.17, 15) is 0 Å². The molecule has 0 aliphatic rings. The van der Waals surface area contributed by atoms with Crippen LogP contribution in [0.3, 0.4) is 0 Å². The van der Waals surface area contributed by atoms with Gasteiger partial charge in [-0.2, -0.15) is 0 Å². The van der Waals surface area contributed by atoms with Crippen molar-refractivity contribution < 1.29 is 0 Å². The van der Waals surface area contributed by atoms with E-state index in [0.29, 0.717) is 0 Å². The highest BCUT2D eigenvalue weighted by Gasteiger charge is 2.10. The lowest BCUT2D eigenvalue weighted by Gasteiger charge is -2.13. The second-order valence-corrected chi connectivity index (χ2v) is 7.49. The van der Waals surface area contributed by atoms with E-state index in [1.54, 1.807) is 0 Å². The van der Waals surface area contributed by atoms with Crippen molar-refractivity contribution in [3.8, 4) is 22.3 Å². The first-order valence-electron chi connectivity index (χ1n) is 8.62. The normalized spacial score (nSPS) is 11.0. The lowest BCUT2D eigenvalue weighted by molar-refractivity contribution is 1.43. The molecule has 0 atom stereocenters. The summed E-state index contributed by atoms with van der Waals surface area (Å²) in [6.45, 7) is 0. The van der Waals surface area contributed by atoms with Gasteiger partial charge in [0, 0.05) is 10.7 Å². The van der Waals surface area contributed by atoms with E-state index in [2.05, 4.69) is 117 Å². The van der Waals surface area contributed by atoms with Crippen LogP contribution in [0, 0.1) is 0 Å². The van der Waals surface area contributed by atoms with Gasteiger partial charge in [-0.3, -0.25) is 0 Å². The Morgan fingerprint density at radius 3 is 1.31 bits per heavy atom. The average Bonchev–Trinajstić information content (AvgIpc) is 2.73. The van der Waals surface area contributed by atoms with Gasteiger partial charge in [0.1, 0.15) is 0 Å². The summed E-state index contributed by atoms with van der Waals surface area (Å²) in [5.74, 6) is 0. The molecule has 0 aromatic heterocycles. The Hall–Kier alpha value is -1.90. The molecule has 0 N–H and O–H groups in total. The van der Waals surface area contributed by atoms with Crippen molar-refractivity contribution in [3.63, 3.8) is 0 Å². The van der Waals surface area contributed by atoms with E-state index >= 15 is 0 Å². The van der Waals surface area contributed by atoms with Crippen LogP contribution in [0.5, 0.6) is 0 Å². The van der Waals surface area contributed by atoms with Crippen LogP contribution in [0.1, 0.15) is 11.1 Å². The van der Waals surface area contributed by atoms with Crippen molar-refractivity contribution in [1.82, 2.24) is 0 Å². The predicted octanol–water partition coefficient (Wildman–Crippen LogP) is 7.96. The zero-order chi connectivity index (χ0) is 17.9. The molecule has 0 spiro atoms. The van der Waals surface area contributed by atoms with Crippen LogP contribution in [-0.2, 0) is 10.7 Å². The number of halogens is 2. The molecular formula is C24H18Br2. The van der Waals surface area contributed by atoms with Crippen LogP contribution in [0.25, 0.3) is 33.0 Å². The largest absolute Gasteiger partial charge is 0.0876 e. The third-order valence-corrected chi connectivity index (χ3v) is 6.04. The van der Waals surface area contributed by atoms with Gasteiger partial charge in [-0.1, -0.05) is 117 Å². The van der Waals surface area contributed by atoms with Crippen LogP contribution in [0.2, 0.25) is 0 Å². The number of hydrogen-bond donors (Lipinski definition) is 0. The highest BCUT2D eigenvalue weighted by molar-refractivity contribution is 9.08. The van der Waals surface area contributed by atoms with Gasteiger partial charge >= 0.3 is 0 Å². The Bertz CT molecular complexity index is 950. The van der Waals surface area contributed by atoms with Gasteiger partial charge in [0.05, 0.1) is 0 Å². The van der Waals surface area contributed by atoms with Crippen LogP contribution < -0.4 is 0 Å². The topological polar surface area (TPSA) is 0 Å². The molecule has 0 saturated heterocycles. The minimum absolute atomic E-state index is 0.883. The molecule has 0 heterocycles. The zero-order valence-electron chi connectivity index (χ0n) is 14.3. The van der Waals surface area contributed by atoms with E-state index in [1.807, 2.05) is 0 Å². The number of fused-ring (bicyclic) bond motifs is 1. The maximum absolute atomic E-state index is 3.53. The fraction of sp³-hybridized carbons (Fsp3) is 0.0833. The number of benzene rings is 4. The monoisotopic (exact) mass is 464 g/mol. The lowest BCUT2D eigenvalue weighted by atomic mass is 9.91. The minimum atomic E-state index is 0.883. The van der Waals surface area contributed by atoms with Gasteiger partial charge in [-0.25, -0.2) is 0 Å². The highest BCUT2D eigenvalue weighted by atomic mass is 79.9. The summed E-state index contributed by atoms with van der Waals surface area (Å²) in [6.07, 6.45) is 0. The van der Waals surface area contributed by atoms with Crippen molar-refractivity contribution in [2.75, 3.05) is 0 Å². The van der Waals surface area contributed by atoms with E-state index < -0.39 is 0 Å². The van der Waals surface area contributed by atoms with E-state index in [1.165, 1.54) is 44.2 Å². The molecule has 0 aliphatic heterocycles. The highest BCUT2D eigenvalue weighted by Crippen LogP contribution is 2.36. The molecule has 0 fully saturated rings. The Balaban J connectivity index is 1.93. The summed E-state index contributed by atoms with van der Waals surface area (Å²) in [7, 11) is 0. The molecule has 0 saturated carbocycles. The molecule has 4 rings (SSSR count). The standard InChI is InChI=1S/C24H18Br2/c25-15-17-7-11-19(12-8-17)22-5-1-3-21-4-2-6-23(24(21)22)20-13-9-18(16-26)10-14-20/h1-14H,15-16H2. The Labute approximate surface area is 171 Å². The molecule has 0 radical (unpaired) electrons. The van der Waals surface area contributed by atoms with Crippen molar-refractivity contribution in [1.29, 1.82) is 0 Å². The van der Waals surface area contributed by atoms with Crippen LogP contribution >= 0.6 is 31.9 Å². The molecule has 0 amide bonds. The number of alkyl halides is 2. The summed E-state index contributed by atoms with van der Waals surface area (Å²) in [4.78, 5) is 0. The summed E-state index contributed by atoms with van der Waals surface area (Å²) in [5, 5.41) is 4.35. The average molecular weight is 466 g/mol. The maximum atomic E-state index is 3.53. The van der Waals surface area contributed by atoms with Crippen LogP contribution in [0.15, 0.2) is 84.9 Å². The summed E-state index contributed by atoms with van der Waals surface area (Å²) >= 11 is 7.06. The fourth-order valence-corrected chi connectivity index (χ4v) is 4.12. The van der Waals surface area contributed by atoms with Gasteiger partial charge in [0.15, 0.2) is 0 Å². The van der Waals surface area contributed by atoms with Crippen molar-refractivity contribution in [3.05, 3.63) is 96.1 Å². The predicted molar refractivity (Wildman–Crippen MR) is 120 cm³/mol. The van der Waals surface area contributed by atoms with Gasteiger partial charge in [0.2, 0.25) is 0 Å². The van der Waals surface area contributed by atoms with Gasteiger partial charge in [-0.05, 0) is 44.2 Å². The lowest BCUT2D eigenvalue weighted by Crippen LogP contribution is -1.87. The zero-order valence-corrected chi connectivity index (χ0v) is 17.4. The second-order valence-electron chi connectivity index (χ2n) is 6.37. The Kier molecular flexibility index (Phi) is 5.23. The Morgan fingerprint density at radius 1 is 0.500 bits per heavy atom. The molecule has 0 aliphatic carbocycles. The Morgan fingerprint density at radius 2 is 0.923 bits per heavy atom. The summed E-state index contributed by atoms with van der Waals surface area (Å²) < 4.78 is 0. The fourth-order valence-electron chi connectivity index (χ4n) is 3.37. The molecule has 128 valence electrons. The summed E-state index contributed by atoms with van der Waals surface area (Å²) in [6, 6.07) is 30.8. The van der Waals surface area contributed by atoms with E-state index in [-0.39, 0.29) is 0 Å². The SMILES string of the molecule is BrCc1ccc(-c2cccc3cccc(-c4ccc(CBr)cc4)c23)cc1. The molecule has 4 aromatic carbocycles. The molecule has 4 aromatic rings. The third kappa shape index (κ3) is 3.36. The molecular weight excluding hydrogens is 448 g/mol. The quantitative estimate of drug-likeness (QED) is 0.268. The molecule has 26 heavy (non-hydrogen) atoms. The minimum Gasteiger partial charge on any atom is -0.0876 e. The van der Waals surface area contributed by atoms with Crippen molar-refractivity contribution >= 4 is 42.6 Å². The smallest absolute Gasteiger partial charge is 0.0283 e. The van der Waals surface area contributed by atoms with Crippen molar-refractivity contribution in [2.24, 2.45) is 0 Å². The number of hydrogen-bond acceptors (Lipinski definition) is 0. The second kappa shape index (κ2) is 7.77. The first kappa shape index (κ1) is 17.5. The van der Waals surface area contributed by atoms with Gasteiger partial charge < -0.3 is 0 Å². The van der Waals surface area contributed by atoms with Gasteiger partial charge in [0.25, 0.3) is 0 Å². The summed E-state index contributed by atoms with van der Waals surface area (Å²) in [5.41, 5.74) is 7.65. The third-order valence-electron chi connectivity index (χ3n) is 4.74. The molecule has 0 bridgehead atoms. The van der Waals surface area contributed by atoms with Crippen LogP contribution in [-0.4, -0.2) is 0 Å². The van der Waals surface area contributed by atoms with E-state index in [0.717, 1.165) is 10.7 Å². The number of rotatable bonds is 4. The first-order valence-corrected chi connectivity index (χ1v) is 10.9. The van der Waals surface area contributed by atoms with Gasteiger partial charge in [-0.15, -0.1) is 0 Å². The molecule has 0 nitrogen and oxygen atoms in total. The first-order chi connectivity index (χ1) is 12.8. The van der Waals surface area contributed by atoms with Crippen molar-refractivity contribution in [2.45, 2.75) is 10.7 Å². The maximum Gasteiger partial charge on any atom is 0.0283 e.